The van der Waals surface area contributed by atoms with Crippen molar-refractivity contribution in [1.82, 2.24) is 14.3 Å². The van der Waals surface area contributed by atoms with Crippen LogP contribution in [-0.4, -0.2) is 42.3 Å². The smallest absolute Gasteiger partial charge is 0.246 e. The molecule has 1 aliphatic rings. The Morgan fingerprint density at radius 1 is 1.33 bits per heavy atom. The van der Waals surface area contributed by atoms with Gasteiger partial charge in [0.05, 0.1) is 12.4 Å². The second kappa shape index (κ2) is 6.70. The maximum atomic E-state index is 12.6. The second-order valence-corrected chi connectivity index (χ2v) is 7.72. The third-order valence-corrected chi connectivity index (χ3v) is 5.93. The molecule has 1 aromatic heterocycles. The first-order valence-electron chi connectivity index (χ1n) is 7.49. The van der Waals surface area contributed by atoms with Gasteiger partial charge in [-0.3, -0.25) is 0 Å². The van der Waals surface area contributed by atoms with Gasteiger partial charge < -0.3 is 5.32 Å². The molecule has 21 heavy (non-hydrogen) atoms. The molecule has 0 aliphatic heterocycles. The van der Waals surface area contributed by atoms with E-state index in [0.717, 1.165) is 19.3 Å². The number of hydrogen-bond acceptors (Lipinski definition) is 5. The minimum atomic E-state index is -3.51. The molecule has 1 aromatic rings. The van der Waals surface area contributed by atoms with Crippen molar-refractivity contribution < 1.29 is 8.42 Å². The molecular formula is C14H24N4O2S. The highest BCUT2D eigenvalue weighted by atomic mass is 32.2. The molecule has 0 bridgehead atoms. The van der Waals surface area contributed by atoms with E-state index in [9.17, 15) is 8.42 Å². The van der Waals surface area contributed by atoms with Crippen LogP contribution in [0, 0.1) is 5.92 Å². The van der Waals surface area contributed by atoms with Gasteiger partial charge >= 0.3 is 0 Å². The van der Waals surface area contributed by atoms with E-state index < -0.39 is 10.0 Å². The molecule has 0 spiro atoms. The Labute approximate surface area is 127 Å². The fourth-order valence-corrected chi connectivity index (χ4v) is 4.08. The maximum absolute atomic E-state index is 12.6. The second-order valence-electron chi connectivity index (χ2n) is 5.72. The summed E-state index contributed by atoms with van der Waals surface area (Å²) >= 11 is 0. The van der Waals surface area contributed by atoms with Crippen molar-refractivity contribution in [3.8, 4) is 0 Å². The monoisotopic (exact) mass is 312 g/mol. The summed E-state index contributed by atoms with van der Waals surface area (Å²) in [5.74, 6) is 1.03. The number of nitrogens with one attached hydrogen (secondary N) is 1. The summed E-state index contributed by atoms with van der Waals surface area (Å²) in [5.41, 5.74) is 0. The SMILES string of the molecule is CCNc1ncc(S(=O)(=O)N(C)C2CCCC(C)C2)cn1. The van der Waals surface area contributed by atoms with Crippen LogP contribution in [0.4, 0.5) is 5.95 Å². The summed E-state index contributed by atoms with van der Waals surface area (Å²) in [6, 6.07) is 0.0761. The van der Waals surface area contributed by atoms with Crippen LogP contribution in [0.2, 0.25) is 0 Å². The molecule has 2 unspecified atom stereocenters. The number of aromatic nitrogens is 2. The van der Waals surface area contributed by atoms with Crippen molar-refractivity contribution >= 4 is 16.0 Å². The predicted octanol–water partition coefficient (Wildman–Crippen LogP) is 2.11. The lowest BCUT2D eigenvalue weighted by atomic mass is 9.87. The van der Waals surface area contributed by atoms with Crippen LogP contribution in [0.3, 0.4) is 0 Å². The average Bonchev–Trinajstić information content (AvgIpc) is 2.47. The first-order chi connectivity index (χ1) is 9.95. The third kappa shape index (κ3) is 3.71. The van der Waals surface area contributed by atoms with Gasteiger partial charge in [0, 0.05) is 19.6 Å². The van der Waals surface area contributed by atoms with E-state index >= 15 is 0 Å². The molecule has 1 heterocycles. The molecule has 1 N–H and O–H groups in total. The standard InChI is InChI=1S/C14H24N4O2S/c1-4-15-14-16-9-13(10-17-14)21(19,20)18(3)12-7-5-6-11(2)8-12/h9-12H,4-8H2,1-3H3,(H,15,16,17). The topological polar surface area (TPSA) is 75.2 Å². The molecule has 1 fully saturated rings. The molecule has 2 rings (SSSR count). The Morgan fingerprint density at radius 3 is 2.57 bits per heavy atom. The van der Waals surface area contributed by atoms with E-state index in [1.165, 1.54) is 23.1 Å². The zero-order valence-corrected chi connectivity index (χ0v) is 13.7. The fourth-order valence-electron chi connectivity index (χ4n) is 2.79. The van der Waals surface area contributed by atoms with Gasteiger partial charge in [0.15, 0.2) is 0 Å². The molecule has 0 saturated heterocycles. The van der Waals surface area contributed by atoms with E-state index in [1.807, 2.05) is 6.92 Å². The van der Waals surface area contributed by atoms with E-state index in [0.29, 0.717) is 18.4 Å². The quantitative estimate of drug-likeness (QED) is 0.901. The zero-order valence-electron chi connectivity index (χ0n) is 12.9. The summed E-state index contributed by atoms with van der Waals surface area (Å²) in [7, 11) is -1.85. The average molecular weight is 312 g/mol. The van der Waals surface area contributed by atoms with E-state index in [4.69, 9.17) is 0 Å². The number of anilines is 1. The summed E-state index contributed by atoms with van der Waals surface area (Å²) in [5, 5.41) is 2.95. The number of sulfonamides is 1. The Balaban J connectivity index is 2.16. The summed E-state index contributed by atoms with van der Waals surface area (Å²) < 4.78 is 26.8. The van der Waals surface area contributed by atoms with Crippen molar-refractivity contribution in [3.05, 3.63) is 12.4 Å². The molecule has 7 heteroatoms. The molecule has 0 aromatic carbocycles. The molecule has 0 amide bonds. The van der Waals surface area contributed by atoms with Crippen LogP contribution in [0.15, 0.2) is 17.3 Å². The Morgan fingerprint density at radius 2 is 2.00 bits per heavy atom. The van der Waals surface area contributed by atoms with Gasteiger partial charge in [-0.1, -0.05) is 19.8 Å². The molecule has 6 nitrogen and oxygen atoms in total. The molecule has 0 radical (unpaired) electrons. The lowest BCUT2D eigenvalue weighted by Gasteiger charge is -2.33. The third-order valence-electron chi connectivity index (χ3n) is 4.06. The highest BCUT2D eigenvalue weighted by molar-refractivity contribution is 7.89. The van der Waals surface area contributed by atoms with Crippen molar-refractivity contribution in [2.45, 2.75) is 50.5 Å². The Hall–Kier alpha value is -1.21. The van der Waals surface area contributed by atoms with Crippen LogP contribution in [0.25, 0.3) is 0 Å². The maximum Gasteiger partial charge on any atom is 0.246 e. The van der Waals surface area contributed by atoms with Crippen LogP contribution in [0.1, 0.15) is 39.5 Å². The minimum Gasteiger partial charge on any atom is -0.355 e. The summed E-state index contributed by atoms with van der Waals surface area (Å²) in [6.07, 6.45) is 6.88. The Bertz CT molecular complexity index is 559. The lowest BCUT2D eigenvalue weighted by molar-refractivity contribution is 0.239. The van der Waals surface area contributed by atoms with E-state index in [2.05, 4.69) is 22.2 Å². The van der Waals surface area contributed by atoms with Gasteiger partial charge in [-0.2, -0.15) is 4.31 Å². The fraction of sp³-hybridized carbons (Fsp3) is 0.714. The molecular weight excluding hydrogens is 288 g/mol. The Kier molecular flexibility index (Phi) is 5.16. The van der Waals surface area contributed by atoms with Crippen molar-refractivity contribution in [3.63, 3.8) is 0 Å². The first-order valence-corrected chi connectivity index (χ1v) is 8.93. The van der Waals surface area contributed by atoms with Crippen LogP contribution in [0.5, 0.6) is 0 Å². The normalized spacial score (nSPS) is 23.2. The molecule has 118 valence electrons. The highest BCUT2D eigenvalue weighted by Gasteiger charge is 2.31. The van der Waals surface area contributed by atoms with Crippen molar-refractivity contribution in [1.29, 1.82) is 0 Å². The largest absolute Gasteiger partial charge is 0.355 e. The predicted molar refractivity (Wildman–Crippen MR) is 82.6 cm³/mol. The van der Waals surface area contributed by atoms with Crippen molar-refractivity contribution in [2.24, 2.45) is 5.92 Å². The van der Waals surface area contributed by atoms with Gasteiger partial charge in [-0.25, -0.2) is 18.4 Å². The van der Waals surface area contributed by atoms with Gasteiger partial charge in [-0.05, 0) is 25.7 Å². The van der Waals surface area contributed by atoms with E-state index in [1.54, 1.807) is 7.05 Å². The first kappa shape index (κ1) is 16.2. The number of hydrogen-bond donors (Lipinski definition) is 1. The van der Waals surface area contributed by atoms with Crippen molar-refractivity contribution in [2.75, 3.05) is 18.9 Å². The summed E-state index contributed by atoms with van der Waals surface area (Å²) in [4.78, 5) is 8.26. The van der Waals surface area contributed by atoms with E-state index in [-0.39, 0.29) is 10.9 Å². The van der Waals surface area contributed by atoms with Gasteiger partial charge in [0.1, 0.15) is 4.90 Å². The zero-order chi connectivity index (χ0) is 15.5. The lowest BCUT2D eigenvalue weighted by Crippen LogP contribution is -2.39. The van der Waals surface area contributed by atoms with Gasteiger partial charge in [0.2, 0.25) is 16.0 Å². The molecule has 1 aliphatic carbocycles. The summed E-state index contributed by atoms with van der Waals surface area (Å²) in [6.45, 7) is 4.82. The molecule has 2 atom stereocenters. The van der Waals surface area contributed by atoms with Gasteiger partial charge in [0.25, 0.3) is 0 Å². The van der Waals surface area contributed by atoms with Gasteiger partial charge in [-0.15, -0.1) is 0 Å². The van der Waals surface area contributed by atoms with Crippen LogP contribution >= 0.6 is 0 Å². The molecule has 1 saturated carbocycles. The number of rotatable bonds is 5. The highest BCUT2D eigenvalue weighted by Crippen LogP contribution is 2.29. The number of nitrogens with zero attached hydrogens (tertiary/aromatic N) is 3. The van der Waals surface area contributed by atoms with Crippen LogP contribution < -0.4 is 5.32 Å². The minimum absolute atomic E-state index is 0.0761. The van der Waals surface area contributed by atoms with Crippen LogP contribution in [-0.2, 0) is 10.0 Å².